The molecule has 1 fully saturated rings. The SMILES string of the molecule is Cc1cc(C(N)C2CCCC2C)c(C)s1. The highest BCUT2D eigenvalue weighted by Gasteiger charge is 2.30. The second-order valence-electron chi connectivity index (χ2n) is 4.97. The molecule has 0 bridgehead atoms. The molecular formula is C13H21NS. The molecule has 3 unspecified atom stereocenters. The van der Waals surface area contributed by atoms with Crippen molar-refractivity contribution in [2.45, 2.75) is 46.1 Å². The molecule has 2 heteroatoms. The van der Waals surface area contributed by atoms with E-state index in [1.54, 1.807) is 0 Å². The Labute approximate surface area is 96.7 Å². The van der Waals surface area contributed by atoms with E-state index in [1.807, 2.05) is 11.3 Å². The van der Waals surface area contributed by atoms with Crippen LogP contribution in [0.15, 0.2) is 6.07 Å². The van der Waals surface area contributed by atoms with E-state index in [0.717, 1.165) is 5.92 Å². The zero-order valence-corrected chi connectivity index (χ0v) is 10.7. The van der Waals surface area contributed by atoms with Crippen LogP contribution in [-0.2, 0) is 0 Å². The lowest BCUT2D eigenvalue weighted by molar-refractivity contribution is 0.351. The molecule has 3 atom stereocenters. The van der Waals surface area contributed by atoms with Crippen LogP contribution in [0.2, 0.25) is 0 Å². The second-order valence-corrected chi connectivity index (χ2v) is 6.43. The third-order valence-corrected chi connectivity index (χ3v) is 4.81. The largest absolute Gasteiger partial charge is 0.324 e. The van der Waals surface area contributed by atoms with Crippen molar-refractivity contribution in [3.63, 3.8) is 0 Å². The number of rotatable bonds is 2. The van der Waals surface area contributed by atoms with Crippen molar-refractivity contribution in [2.75, 3.05) is 0 Å². The van der Waals surface area contributed by atoms with Gasteiger partial charge < -0.3 is 5.73 Å². The Morgan fingerprint density at radius 1 is 1.40 bits per heavy atom. The van der Waals surface area contributed by atoms with Gasteiger partial charge in [-0.1, -0.05) is 19.8 Å². The Bertz CT molecular complexity index is 342. The summed E-state index contributed by atoms with van der Waals surface area (Å²) in [6, 6.07) is 2.56. The number of thiophene rings is 1. The van der Waals surface area contributed by atoms with Crippen LogP contribution in [0.25, 0.3) is 0 Å². The van der Waals surface area contributed by atoms with Gasteiger partial charge in [0.2, 0.25) is 0 Å². The normalized spacial score (nSPS) is 28.3. The predicted octanol–water partition coefficient (Wildman–Crippen LogP) is 3.80. The molecule has 15 heavy (non-hydrogen) atoms. The smallest absolute Gasteiger partial charge is 0.0337 e. The summed E-state index contributed by atoms with van der Waals surface area (Å²) in [5.41, 5.74) is 7.81. The number of nitrogens with two attached hydrogens (primary N) is 1. The maximum Gasteiger partial charge on any atom is 0.0337 e. The molecule has 84 valence electrons. The topological polar surface area (TPSA) is 26.0 Å². The molecule has 0 saturated heterocycles. The first-order valence-corrected chi connectivity index (χ1v) is 6.73. The minimum absolute atomic E-state index is 0.271. The summed E-state index contributed by atoms with van der Waals surface area (Å²) >= 11 is 1.88. The molecule has 1 nitrogen and oxygen atoms in total. The van der Waals surface area contributed by atoms with Crippen LogP contribution in [0.1, 0.15) is 47.5 Å². The van der Waals surface area contributed by atoms with Crippen molar-refractivity contribution in [3.8, 4) is 0 Å². The van der Waals surface area contributed by atoms with E-state index in [9.17, 15) is 0 Å². The van der Waals surface area contributed by atoms with E-state index in [0.29, 0.717) is 5.92 Å². The maximum absolute atomic E-state index is 6.41. The summed E-state index contributed by atoms with van der Waals surface area (Å²) in [7, 11) is 0. The van der Waals surface area contributed by atoms with Gasteiger partial charge in [0.15, 0.2) is 0 Å². The van der Waals surface area contributed by atoms with E-state index >= 15 is 0 Å². The molecule has 1 aliphatic rings. The molecule has 1 heterocycles. The Balaban J connectivity index is 2.19. The minimum Gasteiger partial charge on any atom is -0.324 e. The van der Waals surface area contributed by atoms with Crippen LogP contribution in [-0.4, -0.2) is 0 Å². The highest BCUT2D eigenvalue weighted by atomic mass is 32.1. The summed E-state index contributed by atoms with van der Waals surface area (Å²) in [4.78, 5) is 2.81. The Hall–Kier alpha value is -0.340. The van der Waals surface area contributed by atoms with Gasteiger partial charge >= 0.3 is 0 Å². The second kappa shape index (κ2) is 4.26. The van der Waals surface area contributed by atoms with Gasteiger partial charge in [0.05, 0.1) is 0 Å². The van der Waals surface area contributed by atoms with Crippen LogP contribution in [0.5, 0.6) is 0 Å². The average molecular weight is 223 g/mol. The summed E-state index contributed by atoms with van der Waals surface area (Å²) in [5.74, 6) is 1.51. The van der Waals surface area contributed by atoms with Crippen LogP contribution in [0.4, 0.5) is 0 Å². The van der Waals surface area contributed by atoms with Gasteiger partial charge in [-0.25, -0.2) is 0 Å². The van der Waals surface area contributed by atoms with Gasteiger partial charge in [-0.2, -0.15) is 0 Å². The quantitative estimate of drug-likeness (QED) is 0.811. The van der Waals surface area contributed by atoms with Gasteiger partial charge in [0, 0.05) is 15.8 Å². The van der Waals surface area contributed by atoms with Crippen molar-refractivity contribution < 1.29 is 0 Å². The fourth-order valence-corrected chi connectivity index (χ4v) is 3.90. The Morgan fingerprint density at radius 3 is 2.60 bits per heavy atom. The summed E-state index contributed by atoms with van der Waals surface area (Å²) < 4.78 is 0. The van der Waals surface area contributed by atoms with Gasteiger partial charge in [-0.15, -0.1) is 11.3 Å². The third kappa shape index (κ3) is 2.11. The zero-order chi connectivity index (χ0) is 11.0. The van der Waals surface area contributed by atoms with Gasteiger partial charge in [0.25, 0.3) is 0 Å². The molecule has 0 aromatic carbocycles. The molecule has 2 rings (SSSR count). The summed E-state index contributed by atoms with van der Waals surface area (Å²) in [5, 5.41) is 0. The first kappa shape index (κ1) is 11.2. The number of hydrogen-bond donors (Lipinski definition) is 1. The van der Waals surface area contributed by atoms with E-state index < -0.39 is 0 Å². The van der Waals surface area contributed by atoms with E-state index in [-0.39, 0.29) is 6.04 Å². The van der Waals surface area contributed by atoms with Crippen molar-refractivity contribution in [1.82, 2.24) is 0 Å². The molecule has 0 amide bonds. The monoisotopic (exact) mass is 223 g/mol. The highest BCUT2D eigenvalue weighted by Crippen LogP contribution is 2.40. The minimum atomic E-state index is 0.271. The lowest BCUT2D eigenvalue weighted by Crippen LogP contribution is -2.23. The molecule has 0 aliphatic heterocycles. The van der Waals surface area contributed by atoms with Gasteiger partial charge in [-0.05, 0) is 43.7 Å². The highest BCUT2D eigenvalue weighted by molar-refractivity contribution is 7.12. The molecule has 1 aromatic heterocycles. The zero-order valence-electron chi connectivity index (χ0n) is 9.92. The lowest BCUT2D eigenvalue weighted by Gasteiger charge is -2.23. The fraction of sp³-hybridized carbons (Fsp3) is 0.692. The molecule has 1 saturated carbocycles. The summed E-state index contributed by atoms with van der Waals surface area (Å²) in [6.45, 7) is 6.73. The molecule has 2 N–H and O–H groups in total. The van der Waals surface area contributed by atoms with Crippen molar-refractivity contribution >= 4 is 11.3 Å². The molecule has 0 spiro atoms. The number of aryl methyl sites for hydroxylation is 2. The van der Waals surface area contributed by atoms with Crippen molar-refractivity contribution in [2.24, 2.45) is 17.6 Å². The lowest BCUT2D eigenvalue weighted by atomic mass is 9.87. The Morgan fingerprint density at radius 2 is 2.13 bits per heavy atom. The third-order valence-electron chi connectivity index (χ3n) is 3.83. The van der Waals surface area contributed by atoms with Crippen molar-refractivity contribution in [1.29, 1.82) is 0 Å². The standard InChI is InChI=1S/C13H21NS/c1-8-5-4-6-11(8)13(14)12-7-9(2)15-10(12)3/h7-8,11,13H,4-6,14H2,1-3H3. The van der Waals surface area contributed by atoms with Gasteiger partial charge in [-0.3, -0.25) is 0 Å². The molecule has 0 radical (unpaired) electrons. The molecule has 1 aromatic rings. The van der Waals surface area contributed by atoms with E-state index in [4.69, 9.17) is 5.73 Å². The first-order chi connectivity index (χ1) is 7.09. The van der Waals surface area contributed by atoms with Crippen LogP contribution < -0.4 is 5.73 Å². The fourth-order valence-electron chi connectivity index (χ4n) is 2.92. The van der Waals surface area contributed by atoms with Gasteiger partial charge in [0.1, 0.15) is 0 Å². The average Bonchev–Trinajstić information content (AvgIpc) is 2.71. The first-order valence-electron chi connectivity index (χ1n) is 5.92. The van der Waals surface area contributed by atoms with Crippen molar-refractivity contribution in [3.05, 3.63) is 21.4 Å². The van der Waals surface area contributed by atoms with Crippen LogP contribution in [0.3, 0.4) is 0 Å². The molecular weight excluding hydrogens is 202 g/mol. The number of hydrogen-bond acceptors (Lipinski definition) is 2. The molecule has 1 aliphatic carbocycles. The Kier molecular flexibility index (Phi) is 3.17. The van der Waals surface area contributed by atoms with E-state index in [2.05, 4.69) is 26.8 Å². The maximum atomic E-state index is 6.41. The predicted molar refractivity (Wildman–Crippen MR) is 67.2 cm³/mol. The van der Waals surface area contributed by atoms with Crippen LogP contribution >= 0.6 is 11.3 Å². The summed E-state index contributed by atoms with van der Waals surface area (Å²) in [6.07, 6.45) is 4.04. The van der Waals surface area contributed by atoms with Crippen LogP contribution in [0, 0.1) is 25.7 Å². The van der Waals surface area contributed by atoms with E-state index in [1.165, 1.54) is 34.6 Å².